The third-order valence-corrected chi connectivity index (χ3v) is 4.03. The van der Waals surface area contributed by atoms with E-state index in [1.165, 1.54) is 5.69 Å². The molecule has 1 spiro atoms. The maximum atomic E-state index is 5.45. The zero-order chi connectivity index (χ0) is 12.4. The highest BCUT2D eigenvalue weighted by atomic mass is 16.5. The molecular weight excluding hydrogens is 228 g/mol. The van der Waals surface area contributed by atoms with Crippen molar-refractivity contribution in [2.24, 2.45) is 0 Å². The molecule has 2 heterocycles. The number of hydrogen-bond acceptors (Lipinski definition) is 4. The van der Waals surface area contributed by atoms with Gasteiger partial charge in [-0.3, -0.25) is 5.32 Å². The van der Waals surface area contributed by atoms with Gasteiger partial charge >= 0.3 is 0 Å². The maximum absolute atomic E-state index is 5.45. The number of hydrogen-bond donors (Lipinski definition) is 1. The Morgan fingerprint density at radius 3 is 2.61 bits per heavy atom. The standard InChI is InChI=1S/C14H20N2O2/c1-17-13-4-2-12(3-5-13)16-10-14(15-11-16)6-8-18-9-7-14/h2-5,15H,6-11H2,1H3. The predicted molar refractivity (Wildman–Crippen MR) is 71.1 cm³/mol. The van der Waals surface area contributed by atoms with Gasteiger partial charge in [0.25, 0.3) is 0 Å². The Hall–Kier alpha value is -1.26. The molecule has 18 heavy (non-hydrogen) atoms. The summed E-state index contributed by atoms with van der Waals surface area (Å²) in [5, 5.41) is 3.66. The Morgan fingerprint density at radius 2 is 1.94 bits per heavy atom. The molecular formula is C14H20N2O2. The van der Waals surface area contributed by atoms with Gasteiger partial charge < -0.3 is 14.4 Å². The third-order valence-electron chi connectivity index (χ3n) is 4.03. The number of nitrogens with one attached hydrogen (secondary N) is 1. The van der Waals surface area contributed by atoms with E-state index in [1.807, 2.05) is 12.1 Å². The largest absolute Gasteiger partial charge is 0.497 e. The Bertz CT molecular complexity index is 399. The molecule has 3 rings (SSSR count). The van der Waals surface area contributed by atoms with Crippen molar-refractivity contribution in [3.05, 3.63) is 24.3 Å². The number of nitrogens with zero attached hydrogens (tertiary/aromatic N) is 1. The lowest BCUT2D eigenvalue weighted by molar-refractivity contribution is 0.0505. The van der Waals surface area contributed by atoms with Crippen LogP contribution in [0.15, 0.2) is 24.3 Å². The summed E-state index contributed by atoms with van der Waals surface area (Å²) in [6.07, 6.45) is 2.22. The van der Waals surface area contributed by atoms with Crippen LogP contribution in [0.4, 0.5) is 5.69 Å². The van der Waals surface area contributed by atoms with E-state index in [9.17, 15) is 0 Å². The summed E-state index contributed by atoms with van der Waals surface area (Å²) in [6.45, 7) is 3.75. The summed E-state index contributed by atoms with van der Waals surface area (Å²) in [7, 11) is 1.70. The molecule has 1 aromatic carbocycles. The topological polar surface area (TPSA) is 33.7 Å². The molecule has 0 aliphatic carbocycles. The molecule has 2 aliphatic rings. The fraction of sp³-hybridized carbons (Fsp3) is 0.571. The highest BCUT2D eigenvalue weighted by molar-refractivity contribution is 5.50. The van der Waals surface area contributed by atoms with Crippen LogP contribution in [-0.4, -0.2) is 39.1 Å². The fourth-order valence-electron chi connectivity index (χ4n) is 2.81. The fourth-order valence-corrected chi connectivity index (χ4v) is 2.81. The summed E-state index contributed by atoms with van der Waals surface area (Å²) in [6, 6.07) is 8.28. The SMILES string of the molecule is COc1ccc(N2CNC3(CCOCC3)C2)cc1. The van der Waals surface area contributed by atoms with Crippen LogP contribution in [0.3, 0.4) is 0 Å². The molecule has 4 nitrogen and oxygen atoms in total. The molecule has 0 unspecified atom stereocenters. The molecule has 1 aromatic rings. The van der Waals surface area contributed by atoms with E-state index in [1.54, 1.807) is 7.11 Å². The van der Waals surface area contributed by atoms with Gasteiger partial charge in [0.05, 0.1) is 13.8 Å². The van der Waals surface area contributed by atoms with E-state index in [0.717, 1.165) is 45.0 Å². The van der Waals surface area contributed by atoms with Gasteiger partial charge in [-0.15, -0.1) is 0 Å². The zero-order valence-corrected chi connectivity index (χ0v) is 10.8. The van der Waals surface area contributed by atoms with Crippen molar-refractivity contribution in [1.29, 1.82) is 0 Å². The van der Waals surface area contributed by atoms with Crippen molar-refractivity contribution in [2.75, 3.05) is 38.4 Å². The van der Waals surface area contributed by atoms with Gasteiger partial charge in [-0.05, 0) is 37.1 Å². The van der Waals surface area contributed by atoms with Gasteiger partial charge in [0, 0.05) is 31.0 Å². The highest BCUT2D eigenvalue weighted by Crippen LogP contribution is 2.29. The van der Waals surface area contributed by atoms with Crippen LogP contribution in [0.2, 0.25) is 0 Å². The minimum absolute atomic E-state index is 0.262. The van der Waals surface area contributed by atoms with Crippen LogP contribution in [0.25, 0.3) is 0 Å². The third kappa shape index (κ3) is 2.18. The van der Waals surface area contributed by atoms with Gasteiger partial charge in [-0.2, -0.15) is 0 Å². The lowest BCUT2D eigenvalue weighted by Gasteiger charge is -2.33. The molecule has 98 valence electrons. The Morgan fingerprint density at radius 1 is 1.22 bits per heavy atom. The molecule has 2 aliphatic heterocycles. The van der Waals surface area contributed by atoms with Gasteiger partial charge in [0.1, 0.15) is 5.75 Å². The van der Waals surface area contributed by atoms with Gasteiger partial charge in [0.15, 0.2) is 0 Å². The minimum atomic E-state index is 0.262. The Labute approximate surface area is 108 Å². The van der Waals surface area contributed by atoms with Crippen molar-refractivity contribution in [3.8, 4) is 5.75 Å². The number of benzene rings is 1. The lowest BCUT2D eigenvalue weighted by atomic mass is 9.91. The molecule has 0 atom stereocenters. The normalized spacial score (nSPS) is 22.4. The van der Waals surface area contributed by atoms with Crippen molar-refractivity contribution >= 4 is 5.69 Å². The molecule has 0 saturated carbocycles. The predicted octanol–water partition coefficient (Wildman–Crippen LogP) is 1.61. The molecule has 2 saturated heterocycles. The van der Waals surface area contributed by atoms with Crippen LogP contribution in [0, 0.1) is 0 Å². The second-order valence-electron chi connectivity index (χ2n) is 5.12. The molecule has 4 heteroatoms. The van der Waals surface area contributed by atoms with Crippen LogP contribution in [-0.2, 0) is 4.74 Å². The summed E-state index contributed by atoms with van der Waals surface area (Å²) in [5.74, 6) is 0.909. The first-order valence-corrected chi connectivity index (χ1v) is 6.53. The molecule has 0 amide bonds. The first-order chi connectivity index (χ1) is 8.81. The van der Waals surface area contributed by atoms with Crippen molar-refractivity contribution < 1.29 is 9.47 Å². The molecule has 0 aromatic heterocycles. The van der Waals surface area contributed by atoms with Gasteiger partial charge in [-0.25, -0.2) is 0 Å². The molecule has 0 bridgehead atoms. The number of anilines is 1. The average molecular weight is 248 g/mol. The smallest absolute Gasteiger partial charge is 0.119 e. The lowest BCUT2D eigenvalue weighted by Crippen LogP contribution is -2.47. The van der Waals surface area contributed by atoms with Gasteiger partial charge in [-0.1, -0.05) is 0 Å². The second-order valence-corrected chi connectivity index (χ2v) is 5.12. The van der Waals surface area contributed by atoms with Crippen molar-refractivity contribution in [3.63, 3.8) is 0 Å². The van der Waals surface area contributed by atoms with Crippen molar-refractivity contribution in [2.45, 2.75) is 18.4 Å². The first kappa shape index (κ1) is 11.8. The van der Waals surface area contributed by atoms with E-state index < -0.39 is 0 Å². The highest BCUT2D eigenvalue weighted by Gasteiger charge is 2.38. The molecule has 0 radical (unpaired) electrons. The quantitative estimate of drug-likeness (QED) is 0.862. The van der Waals surface area contributed by atoms with E-state index in [4.69, 9.17) is 9.47 Å². The van der Waals surface area contributed by atoms with E-state index >= 15 is 0 Å². The summed E-state index contributed by atoms with van der Waals surface area (Å²) >= 11 is 0. The van der Waals surface area contributed by atoms with Crippen LogP contribution >= 0.6 is 0 Å². The Balaban J connectivity index is 1.70. The Kier molecular flexibility index (Phi) is 3.14. The number of ether oxygens (including phenoxy) is 2. The summed E-state index contributed by atoms with van der Waals surface area (Å²) in [5.41, 5.74) is 1.52. The zero-order valence-electron chi connectivity index (χ0n) is 10.8. The molecule has 2 fully saturated rings. The first-order valence-electron chi connectivity index (χ1n) is 6.53. The van der Waals surface area contributed by atoms with E-state index in [-0.39, 0.29) is 5.54 Å². The summed E-state index contributed by atoms with van der Waals surface area (Å²) in [4.78, 5) is 2.39. The monoisotopic (exact) mass is 248 g/mol. The molecule has 1 N–H and O–H groups in total. The van der Waals surface area contributed by atoms with Crippen LogP contribution in [0.1, 0.15) is 12.8 Å². The van der Waals surface area contributed by atoms with Crippen molar-refractivity contribution in [1.82, 2.24) is 5.32 Å². The second kappa shape index (κ2) is 4.78. The average Bonchev–Trinajstić information content (AvgIpc) is 2.83. The van der Waals surface area contributed by atoms with Gasteiger partial charge in [0.2, 0.25) is 0 Å². The minimum Gasteiger partial charge on any atom is -0.497 e. The van der Waals surface area contributed by atoms with E-state index in [2.05, 4.69) is 22.3 Å². The van der Waals surface area contributed by atoms with Crippen LogP contribution < -0.4 is 15.0 Å². The number of methoxy groups -OCH3 is 1. The number of rotatable bonds is 2. The maximum Gasteiger partial charge on any atom is 0.119 e. The van der Waals surface area contributed by atoms with E-state index in [0.29, 0.717) is 0 Å². The summed E-state index contributed by atoms with van der Waals surface area (Å²) < 4.78 is 10.6. The van der Waals surface area contributed by atoms with Crippen LogP contribution in [0.5, 0.6) is 5.75 Å².